The minimum Gasteiger partial charge on any atom is -0.258 e. The van der Waals surface area contributed by atoms with E-state index in [0.29, 0.717) is 0 Å². The molecule has 168 valence electrons. The molecule has 0 bridgehead atoms. The zero-order chi connectivity index (χ0) is 23.9. The van der Waals surface area contributed by atoms with Crippen LogP contribution in [0.3, 0.4) is 0 Å². The zero-order valence-electron chi connectivity index (χ0n) is 19.3. The van der Waals surface area contributed by atoms with Gasteiger partial charge in [-0.3, -0.25) is 10.1 Å². The molecule has 3 heteroatoms. The summed E-state index contributed by atoms with van der Waals surface area (Å²) in [7, 11) is 0. The summed E-state index contributed by atoms with van der Waals surface area (Å²) in [6.07, 6.45) is 0. The largest absolute Gasteiger partial charge is 0.269 e. The van der Waals surface area contributed by atoms with E-state index in [1.165, 1.54) is 38.9 Å². The molecule has 0 amide bonds. The van der Waals surface area contributed by atoms with Crippen LogP contribution in [0.4, 0.5) is 5.69 Å². The van der Waals surface area contributed by atoms with Crippen LogP contribution >= 0.6 is 0 Å². The van der Waals surface area contributed by atoms with Gasteiger partial charge in [0.05, 0.1) is 4.92 Å². The molecular formula is C32H23NO2. The number of rotatable bonds is 4. The highest BCUT2D eigenvalue weighted by atomic mass is 16.6. The molecule has 0 N–H and O–H groups in total. The normalized spacial score (nSPS) is 13.8. The smallest absolute Gasteiger partial charge is 0.258 e. The summed E-state index contributed by atoms with van der Waals surface area (Å²) in [5.41, 5.74) is 12.1. The lowest BCUT2D eigenvalue weighted by Crippen LogP contribution is -2.02. The molecule has 0 aliphatic heterocycles. The highest BCUT2D eigenvalue weighted by Crippen LogP contribution is 2.53. The Kier molecular flexibility index (Phi) is 5.04. The lowest BCUT2D eigenvalue weighted by molar-refractivity contribution is -0.384. The molecule has 0 fully saturated rings. The number of benzene rings is 5. The van der Waals surface area contributed by atoms with Crippen LogP contribution in [0, 0.1) is 17.0 Å². The molecule has 0 spiro atoms. The SMILES string of the molecule is Cc1ccc2c(c1)C(c1ccccc1)c1c(-c3ccccc3)cc(-c3ccc([N+](=O)[O-])cc3)cc1-2. The van der Waals surface area contributed by atoms with E-state index >= 15 is 0 Å². The van der Waals surface area contributed by atoms with Gasteiger partial charge in [-0.05, 0) is 81.3 Å². The topological polar surface area (TPSA) is 43.1 Å². The summed E-state index contributed by atoms with van der Waals surface area (Å²) in [5.74, 6) is 0.141. The van der Waals surface area contributed by atoms with Gasteiger partial charge in [-0.1, -0.05) is 84.4 Å². The average Bonchev–Trinajstić information content (AvgIpc) is 3.22. The van der Waals surface area contributed by atoms with Gasteiger partial charge in [0, 0.05) is 18.1 Å². The van der Waals surface area contributed by atoms with Crippen molar-refractivity contribution in [1.82, 2.24) is 0 Å². The highest BCUT2D eigenvalue weighted by Gasteiger charge is 2.33. The van der Waals surface area contributed by atoms with Crippen LogP contribution in [0.25, 0.3) is 33.4 Å². The van der Waals surface area contributed by atoms with Gasteiger partial charge < -0.3 is 0 Å². The molecule has 6 rings (SSSR count). The predicted molar refractivity (Wildman–Crippen MR) is 142 cm³/mol. The highest BCUT2D eigenvalue weighted by molar-refractivity contribution is 5.92. The van der Waals surface area contributed by atoms with Crippen molar-refractivity contribution in [3.05, 3.63) is 148 Å². The molecule has 3 nitrogen and oxygen atoms in total. The van der Waals surface area contributed by atoms with Crippen LogP contribution in [0.2, 0.25) is 0 Å². The van der Waals surface area contributed by atoms with E-state index in [1.807, 2.05) is 18.2 Å². The third-order valence-electron chi connectivity index (χ3n) is 6.91. The number of hydrogen-bond donors (Lipinski definition) is 0. The molecule has 5 aromatic rings. The summed E-state index contributed by atoms with van der Waals surface area (Å²) in [4.78, 5) is 10.8. The molecule has 0 heterocycles. The Bertz CT molecular complexity index is 1560. The van der Waals surface area contributed by atoms with Crippen LogP contribution in [-0.4, -0.2) is 4.92 Å². The van der Waals surface area contributed by atoms with Crippen molar-refractivity contribution in [3.8, 4) is 33.4 Å². The summed E-state index contributed by atoms with van der Waals surface area (Å²) in [6.45, 7) is 2.14. The van der Waals surface area contributed by atoms with Crippen molar-refractivity contribution >= 4 is 5.69 Å². The molecular weight excluding hydrogens is 430 g/mol. The van der Waals surface area contributed by atoms with Crippen molar-refractivity contribution in [2.24, 2.45) is 0 Å². The van der Waals surface area contributed by atoms with Crippen LogP contribution in [0.1, 0.15) is 28.2 Å². The monoisotopic (exact) mass is 453 g/mol. The van der Waals surface area contributed by atoms with Gasteiger partial charge in [0.15, 0.2) is 0 Å². The molecule has 0 radical (unpaired) electrons. The summed E-state index contributed by atoms with van der Waals surface area (Å²) in [6, 6.07) is 39.3. The van der Waals surface area contributed by atoms with E-state index in [2.05, 4.69) is 91.9 Å². The van der Waals surface area contributed by atoms with E-state index in [4.69, 9.17) is 0 Å². The second-order valence-electron chi connectivity index (χ2n) is 9.09. The van der Waals surface area contributed by atoms with Gasteiger partial charge in [0.2, 0.25) is 0 Å². The molecule has 1 aliphatic rings. The Labute approximate surface area is 204 Å². The summed E-state index contributed by atoms with van der Waals surface area (Å²) in [5, 5.41) is 11.2. The van der Waals surface area contributed by atoms with Gasteiger partial charge in [0.1, 0.15) is 0 Å². The third-order valence-corrected chi connectivity index (χ3v) is 6.91. The summed E-state index contributed by atoms with van der Waals surface area (Å²) < 4.78 is 0. The number of hydrogen-bond acceptors (Lipinski definition) is 2. The Balaban J connectivity index is 1.65. The number of non-ortho nitro benzene ring substituents is 1. The van der Waals surface area contributed by atoms with E-state index < -0.39 is 0 Å². The maximum absolute atomic E-state index is 11.2. The summed E-state index contributed by atoms with van der Waals surface area (Å²) >= 11 is 0. The fourth-order valence-electron chi connectivity index (χ4n) is 5.30. The first kappa shape index (κ1) is 21.1. The Morgan fingerprint density at radius 2 is 1.29 bits per heavy atom. The lowest BCUT2D eigenvalue weighted by atomic mass is 9.83. The Morgan fingerprint density at radius 1 is 0.629 bits per heavy atom. The van der Waals surface area contributed by atoms with Crippen molar-refractivity contribution in [2.45, 2.75) is 12.8 Å². The van der Waals surface area contributed by atoms with E-state index in [1.54, 1.807) is 12.1 Å². The molecule has 1 unspecified atom stereocenters. The standard InChI is InChI=1S/C32H23NO2/c1-21-12-17-27-29(18-21)31(24-10-6-3-7-11-24)32-28(23-8-4-2-5-9-23)19-25(20-30(27)32)22-13-15-26(16-14-22)33(34)35/h2-20,31H,1H3. The number of aryl methyl sites for hydroxylation is 1. The predicted octanol–water partition coefficient (Wildman–Crippen LogP) is 8.40. The first-order valence-corrected chi connectivity index (χ1v) is 11.7. The molecule has 1 aliphatic carbocycles. The maximum Gasteiger partial charge on any atom is 0.269 e. The van der Waals surface area contributed by atoms with Crippen LogP contribution in [0.15, 0.2) is 115 Å². The molecule has 5 aromatic carbocycles. The maximum atomic E-state index is 11.2. The van der Waals surface area contributed by atoms with E-state index in [-0.39, 0.29) is 16.5 Å². The molecule has 35 heavy (non-hydrogen) atoms. The number of nitro groups is 1. The second-order valence-corrected chi connectivity index (χ2v) is 9.09. The second kappa shape index (κ2) is 8.37. The van der Waals surface area contributed by atoms with Crippen molar-refractivity contribution in [1.29, 1.82) is 0 Å². The first-order valence-electron chi connectivity index (χ1n) is 11.7. The molecule has 1 atom stereocenters. The number of nitrogens with zero attached hydrogens (tertiary/aromatic N) is 1. The fraction of sp³-hybridized carbons (Fsp3) is 0.0625. The number of fused-ring (bicyclic) bond motifs is 3. The molecule has 0 saturated heterocycles. The van der Waals surface area contributed by atoms with Gasteiger partial charge in [-0.2, -0.15) is 0 Å². The van der Waals surface area contributed by atoms with Crippen molar-refractivity contribution in [3.63, 3.8) is 0 Å². The third kappa shape index (κ3) is 3.62. The Morgan fingerprint density at radius 3 is 1.97 bits per heavy atom. The molecule has 0 saturated carbocycles. The first-order chi connectivity index (χ1) is 17.1. The van der Waals surface area contributed by atoms with Gasteiger partial charge in [0.25, 0.3) is 5.69 Å². The van der Waals surface area contributed by atoms with Gasteiger partial charge >= 0.3 is 0 Å². The van der Waals surface area contributed by atoms with Gasteiger partial charge in [-0.25, -0.2) is 0 Å². The van der Waals surface area contributed by atoms with Crippen LogP contribution < -0.4 is 0 Å². The fourth-order valence-corrected chi connectivity index (χ4v) is 5.30. The van der Waals surface area contributed by atoms with Gasteiger partial charge in [-0.15, -0.1) is 0 Å². The van der Waals surface area contributed by atoms with Crippen LogP contribution in [-0.2, 0) is 0 Å². The van der Waals surface area contributed by atoms with E-state index in [0.717, 1.165) is 16.7 Å². The number of nitro benzene ring substituents is 1. The van der Waals surface area contributed by atoms with Crippen molar-refractivity contribution in [2.75, 3.05) is 0 Å². The minimum atomic E-state index is -0.356. The zero-order valence-corrected chi connectivity index (χ0v) is 19.3. The van der Waals surface area contributed by atoms with E-state index in [9.17, 15) is 10.1 Å². The Hall–Kier alpha value is -4.50. The lowest BCUT2D eigenvalue weighted by Gasteiger charge is -2.20. The quantitative estimate of drug-likeness (QED) is 0.199. The molecule has 0 aromatic heterocycles. The average molecular weight is 454 g/mol. The van der Waals surface area contributed by atoms with Crippen molar-refractivity contribution < 1.29 is 4.92 Å². The van der Waals surface area contributed by atoms with Crippen LogP contribution in [0.5, 0.6) is 0 Å². The minimum absolute atomic E-state index is 0.100.